The molecule has 0 aliphatic rings. The van der Waals surface area contributed by atoms with Gasteiger partial charge in [-0.15, -0.1) is 0 Å². The molecule has 0 radical (unpaired) electrons. The van der Waals surface area contributed by atoms with E-state index in [0.29, 0.717) is 0 Å². The number of methoxy groups -OCH3 is 1. The summed E-state index contributed by atoms with van der Waals surface area (Å²) in [5.74, 6) is 1.26. The molecular weight excluding hydrogens is 306 g/mol. The van der Waals surface area contributed by atoms with Gasteiger partial charge < -0.3 is 10.5 Å². The number of hydrogen-bond acceptors (Lipinski definition) is 2. The third-order valence-electron chi connectivity index (χ3n) is 4.99. The Morgan fingerprint density at radius 1 is 0.720 bits per heavy atom. The summed E-state index contributed by atoms with van der Waals surface area (Å²) < 4.78 is 5.57. The van der Waals surface area contributed by atoms with Crippen molar-refractivity contribution in [3.8, 4) is 5.75 Å². The van der Waals surface area contributed by atoms with Crippen molar-refractivity contribution in [3.05, 3.63) is 95.1 Å². The third kappa shape index (κ3) is 3.53. The van der Waals surface area contributed by atoms with Gasteiger partial charge in [0.1, 0.15) is 5.75 Å². The van der Waals surface area contributed by atoms with E-state index in [0.717, 1.165) is 22.6 Å². The second-order valence-electron chi connectivity index (χ2n) is 6.48. The van der Waals surface area contributed by atoms with Crippen molar-refractivity contribution in [3.63, 3.8) is 0 Å². The highest BCUT2D eigenvalue weighted by molar-refractivity contribution is 5.62. The van der Waals surface area contributed by atoms with Crippen molar-refractivity contribution < 1.29 is 4.74 Å². The van der Waals surface area contributed by atoms with Gasteiger partial charge in [0.15, 0.2) is 0 Å². The predicted octanol–water partition coefficient (Wildman–Crippen LogP) is 5.58. The molecule has 0 aromatic heterocycles. The molecule has 2 N–H and O–H groups in total. The van der Waals surface area contributed by atoms with E-state index in [4.69, 9.17) is 10.5 Å². The van der Waals surface area contributed by atoms with Gasteiger partial charge in [0.2, 0.25) is 0 Å². The number of rotatable bonds is 5. The summed E-state index contributed by atoms with van der Waals surface area (Å²) in [6.45, 7) is 4.38. The zero-order valence-corrected chi connectivity index (χ0v) is 15.1. The highest BCUT2D eigenvalue weighted by Crippen LogP contribution is 2.38. The van der Waals surface area contributed by atoms with Crippen molar-refractivity contribution >= 4 is 5.69 Å². The Kier molecular flexibility index (Phi) is 5.08. The minimum absolute atomic E-state index is 0.207. The first-order chi connectivity index (χ1) is 12.1. The maximum atomic E-state index is 6.63. The molecule has 0 saturated carbocycles. The lowest BCUT2D eigenvalue weighted by molar-refractivity contribution is 0.413. The molecule has 128 valence electrons. The molecule has 3 aromatic rings. The Morgan fingerprint density at radius 2 is 1.12 bits per heavy atom. The quantitative estimate of drug-likeness (QED) is 0.619. The summed E-state index contributed by atoms with van der Waals surface area (Å²) >= 11 is 0. The lowest BCUT2D eigenvalue weighted by Gasteiger charge is -2.22. The van der Waals surface area contributed by atoms with Crippen LogP contribution in [-0.2, 0) is 0 Å². The van der Waals surface area contributed by atoms with E-state index in [9.17, 15) is 0 Å². The van der Waals surface area contributed by atoms with Crippen LogP contribution in [-0.4, -0.2) is 7.11 Å². The molecular formula is C23H25NO. The molecule has 3 aromatic carbocycles. The van der Waals surface area contributed by atoms with E-state index >= 15 is 0 Å². The lowest BCUT2D eigenvalue weighted by Crippen LogP contribution is -2.08. The van der Waals surface area contributed by atoms with Crippen molar-refractivity contribution in [2.24, 2.45) is 0 Å². The number of nitrogens with two attached hydrogens (primary N) is 1. The Bertz CT molecular complexity index is 761. The number of hydrogen-bond donors (Lipinski definition) is 1. The summed E-state index contributed by atoms with van der Waals surface area (Å²) in [6, 6.07) is 25.0. The van der Waals surface area contributed by atoms with Gasteiger partial charge in [0.05, 0.1) is 7.11 Å². The van der Waals surface area contributed by atoms with Crippen molar-refractivity contribution in [2.45, 2.75) is 25.7 Å². The van der Waals surface area contributed by atoms with Gasteiger partial charge in [-0.2, -0.15) is 0 Å². The standard InChI is InChI=1S/C23H25NO/c1-16(18-10-6-4-7-11-18)21-14-20(25-3)15-22(23(21)24)17(2)19-12-8-5-9-13-19/h4-17H,24H2,1-3H3/t16-,17-/m1/s1. The molecule has 2 heteroatoms. The van der Waals surface area contributed by atoms with Gasteiger partial charge in [0.25, 0.3) is 0 Å². The molecule has 0 bridgehead atoms. The van der Waals surface area contributed by atoms with Gasteiger partial charge in [0, 0.05) is 17.5 Å². The molecule has 2 nitrogen and oxygen atoms in total. The number of nitrogen functional groups attached to an aromatic ring is 1. The van der Waals surface area contributed by atoms with Gasteiger partial charge in [-0.05, 0) is 34.4 Å². The van der Waals surface area contributed by atoms with E-state index in [1.807, 2.05) is 12.1 Å². The molecule has 2 atom stereocenters. The second-order valence-corrected chi connectivity index (χ2v) is 6.48. The fourth-order valence-electron chi connectivity index (χ4n) is 3.35. The van der Waals surface area contributed by atoms with E-state index in [-0.39, 0.29) is 11.8 Å². The average Bonchev–Trinajstić information content (AvgIpc) is 2.68. The van der Waals surface area contributed by atoms with Crippen molar-refractivity contribution in [2.75, 3.05) is 12.8 Å². The Balaban J connectivity index is 2.08. The maximum Gasteiger partial charge on any atom is 0.119 e. The van der Waals surface area contributed by atoms with Gasteiger partial charge in [-0.1, -0.05) is 74.5 Å². The molecule has 0 aliphatic carbocycles. The van der Waals surface area contributed by atoms with Crippen LogP contribution in [0.3, 0.4) is 0 Å². The van der Waals surface area contributed by atoms with Crippen LogP contribution in [0, 0.1) is 0 Å². The summed E-state index contributed by atoms with van der Waals surface area (Å²) in [4.78, 5) is 0. The first-order valence-electron chi connectivity index (χ1n) is 8.69. The number of ether oxygens (including phenoxy) is 1. The SMILES string of the molecule is COc1cc([C@H](C)c2ccccc2)c(N)c([C@H](C)c2ccccc2)c1. The predicted molar refractivity (Wildman–Crippen MR) is 105 cm³/mol. The van der Waals surface area contributed by atoms with Crippen LogP contribution >= 0.6 is 0 Å². The number of anilines is 1. The van der Waals surface area contributed by atoms with Crippen LogP contribution in [0.15, 0.2) is 72.8 Å². The molecule has 0 fully saturated rings. The van der Waals surface area contributed by atoms with E-state index in [1.165, 1.54) is 11.1 Å². The zero-order chi connectivity index (χ0) is 17.8. The van der Waals surface area contributed by atoms with Crippen molar-refractivity contribution in [1.82, 2.24) is 0 Å². The van der Waals surface area contributed by atoms with Gasteiger partial charge in [-0.25, -0.2) is 0 Å². The maximum absolute atomic E-state index is 6.63. The Labute approximate surface area is 150 Å². The Hall–Kier alpha value is -2.74. The summed E-state index contributed by atoms with van der Waals surface area (Å²) in [5.41, 5.74) is 12.2. The third-order valence-corrected chi connectivity index (χ3v) is 4.99. The molecule has 0 amide bonds. The van der Waals surface area contributed by atoms with Gasteiger partial charge >= 0.3 is 0 Å². The van der Waals surface area contributed by atoms with Crippen LogP contribution in [0.1, 0.15) is 47.9 Å². The van der Waals surface area contributed by atoms with E-state index < -0.39 is 0 Å². The first kappa shape index (κ1) is 17.1. The molecule has 0 saturated heterocycles. The van der Waals surface area contributed by atoms with E-state index in [2.05, 4.69) is 74.5 Å². The van der Waals surface area contributed by atoms with E-state index in [1.54, 1.807) is 7.11 Å². The number of benzene rings is 3. The summed E-state index contributed by atoms with van der Waals surface area (Å²) in [6.07, 6.45) is 0. The molecule has 0 aliphatic heterocycles. The monoisotopic (exact) mass is 331 g/mol. The fourth-order valence-corrected chi connectivity index (χ4v) is 3.35. The van der Waals surface area contributed by atoms with Crippen LogP contribution in [0.2, 0.25) is 0 Å². The van der Waals surface area contributed by atoms with Crippen LogP contribution in [0.4, 0.5) is 5.69 Å². The zero-order valence-electron chi connectivity index (χ0n) is 15.1. The minimum Gasteiger partial charge on any atom is -0.497 e. The fraction of sp³-hybridized carbons (Fsp3) is 0.217. The molecule has 0 unspecified atom stereocenters. The van der Waals surface area contributed by atoms with Crippen LogP contribution in [0.25, 0.3) is 0 Å². The molecule has 25 heavy (non-hydrogen) atoms. The molecule has 0 heterocycles. The minimum atomic E-state index is 0.207. The molecule has 0 spiro atoms. The summed E-state index contributed by atoms with van der Waals surface area (Å²) in [7, 11) is 1.71. The first-order valence-corrected chi connectivity index (χ1v) is 8.69. The van der Waals surface area contributed by atoms with Crippen LogP contribution in [0.5, 0.6) is 5.75 Å². The highest BCUT2D eigenvalue weighted by Gasteiger charge is 2.19. The average molecular weight is 331 g/mol. The molecule has 3 rings (SSSR count). The van der Waals surface area contributed by atoms with Crippen LogP contribution < -0.4 is 10.5 Å². The van der Waals surface area contributed by atoms with Crippen molar-refractivity contribution in [1.29, 1.82) is 0 Å². The second kappa shape index (κ2) is 7.43. The lowest BCUT2D eigenvalue weighted by atomic mass is 9.85. The largest absolute Gasteiger partial charge is 0.497 e. The van der Waals surface area contributed by atoms with Gasteiger partial charge in [-0.3, -0.25) is 0 Å². The normalized spacial score (nSPS) is 13.2. The summed E-state index contributed by atoms with van der Waals surface area (Å²) in [5, 5.41) is 0. The Morgan fingerprint density at radius 3 is 1.48 bits per heavy atom. The smallest absolute Gasteiger partial charge is 0.119 e. The topological polar surface area (TPSA) is 35.2 Å². The highest BCUT2D eigenvalue weighted by atomic mass is 16.5.